The Morgan fingerprint density at radius 1 is 1.07 bits per heavy atom. The third kappa shape index (κ3) is 5.58. The average molecular weight is 411 g/mol. The summed E-state index contributed by atoms with van der Waals surface area (Å²) < 4.78 is 1.49. The van der Waals surface area contributed by atoms with Crippen LogP contribution in [-0.2, 0) is 16.1 Å². The number of H-pyrrole nitrogens is 1. The van der Waals surface area contributed by atoms with Crippen LogP contribution in [0.1, 0.15) is 12.0 Å². The van der Waals surface area contributed by atoms with E-state index in [-0.39, 0.29) is 30.3 Å². The second-order valence-corrected chi connectivity index (χ2v) is 7.21. The molecule has 0 fully saturated rings. The van der Waals surface area contributed by atoms with Crippen LogP contribution in [0, 0.1) is 0 Å². The molecule has 0 aliphatic rings. The summed E-state index contributed by atoms with van der Waals surface area (Å²) in [5.74, 6) is -0.619. The molecule has 0 aliphatic heterocycles. The fourth-order valence-corrected chi connectivity index (χ4v) is 3.57. The molecule has 150 valence electrons. The molecule has 9 heteroatoms. The minimum absolute atomic E-state index is 0.0619. The smallest absolute Gasteiger partial charge is 0.344 e. The highest BCUT2D eigenvalue weighted by Crippen LogP contribution is 2.19. The average Bonchev–Trinajstić information content (AvgIpc) is 3.07. The number of benzene rings is 2. The van der Waals surface area contributed by atoms with E-state index in [9.17, 15) is 14.4 Å². The van der Waals surface area contributed by atoms with Gasteiger partial charge in [0.15, 0.2) is 5.16 Å². The number of nitrogens with two attached hydrogens (primary N) is 1. The molecule has 3 aromatic rings. The number of nitrogens with one attached hydrogen (secondary N) is 1. The summed E-state index contributed by atoms with van der Waals surface area (Å²) in [5.41, 5.74) is 6.55. The van der Waals surface area contributed by atoms with E-state index >= 15 is 0 Å². The molecule has 0 radical (unpaired) electrons. The molecule has 8 nitrogen and oxygen atoms in total. The summed E-state index contributed by atoms with van der Waals surface area (Å²) in [6, 6.07) is 18.6. The van der Waals surface area contributed by atoms with E-state index in [0.29, 0.717) is 17.4 Å². The van der Waals surface area contributed by atoms with Gasteiger partial charge in [-0.25, -0.2) is 9.89 Å². The first-order valence-electron chi connectivity index (χ1n) is 9.00. The molecule has 0 spiro atoms. The molecule has 0 saturated heterocycles. The van der Waals surface area contributed by atoms with Crippen LogP contribution in [-0.4, -0.2) is 38.9 Å². The lowest BCUT2D eigenvalue weighted by molar-refractivity contribution is -0.118. The molecule has 0 unspecified atom stereocenters. The van der Waals surface area contributed by atoms with Crippen LogP contribution in [0.5, 0.6) is 0 Å². The molecule has 0 atom stereocenters. The van der Waals surface area contributed by atoms with E-state index in [4.69, 9.17) is 5.73 Å². The molecule has 29 heavy (non-hydrogen) atoms. The molecule has 1 aromatic heterocycles. The molecule has 0 saturated carbocycles. The molecule has 0 aliphatic carbocycles. The van der Waals surface area contributed by atoms with E-state index in [2.05, 4.69) is 10.2 Å². The van der Waals surface area contributed by atoms with Gasteiger partial charge in [-0.3, -0.25) is 14.2 Å². The van der Waals surface area contributed by atoms with Crippen molar-refractivity contribution in [2.75, 3.05) is 17.2 Å². The van der Waals surface area contributed by atoms with Crippen LogP contribution in [0.15, 0.2) is 70.6 Å². The molecule has 1 heterocycles. The summed E-state index contributed by atoms with van der Waals surface area (Å²) in [5, 5.41) is 6.89. The Morgan fingerprint density at radius 2 is 1.72 bits per heavy atom. The van der Waals surface area contributed by atoms with E-state index in [1.165, 1.54) is 21.2 Å². The largest absolute Gasteiger partial charge is 0.370 e. The van der Waals surface area contributed by atoms with Crippen molar-refractivity contribution in [1.82, 2.24) is 14.8 Å². The summed E-state index contributed by atoms with van der Waals surface area (Å²) >= 11 is 1.17. The number of primary amides is 1. The topological polar surface area (TPSA) is 114 Å². The Bertz CT molecular complexity index is 1020. The number of carbonyl (C=O) groups is 2. The number of amides is 2. The number of anilines is 1. The van der Waals surface area contributed by atoms with Crippen LogP contribution >= 0.6 is 11.8 Å². The van der Waals surface area contributed by atoms with Gasteiger partial charge in [-0.1, -0.05) is 60.3 Å². The van der Waals surface area contributed by atoms with Crippen LogP contribution in [0.25, 0.3) is 0 Å². The van der Waals surface area contributed by atoms with Gasteiger partial charge in [0, 0.05) is 18.7 Å². The van der Waals surface area contributed by atoms with Crippen molar-refractivity contribution in [2.24, 2.45) is 5.73 Å². The van der Waals surface area contributed by atoms with E-state index < -0.39 is 5.91 Å². The maximum absolute atomic E-state index is 12.8. The van der Waals surface area contributed by atoms with Gasteiger partial charge >= 0.3 is 5.69 Å². The van der Waals surface area contributed by atoms with Crippen LogP contribution in [0.3, 0.4) is 0 Å². The summed E-state index contributed by atoms with van der Waals surface area (Å²) in [4.78, 5) is 37.6. The lowest BCUT2D eigenvalue weighted by atomic mass is 10.2. The van der Waals surface area contributed by atoms with E-state index in [0.717, 1.165) is 5.56 Å². The third-order valence-electron chi connectivity index (χ3n) is 4.18. The van der Waals surface area contributed by atoms with Gasteiger partial charge in [-0.2, -0.15) is 0 Å². The quantitative estimate of drug-likeness (QED) is 0.520. The maximum atomic E-state index is 12.8. The zero-order valence-electron chi connectivity index (χ0n) is 15.7. The van der Waals surface area contributed by atoms with Crippen molar-refractivity contribution >= 4 is 29.3 Å². The second kappa shape index (κ2) is 9.74. The molecule has 2 aromatic carbocycles. The Morgan fingerprint density at radius 3 is 2.38 bits per heavy atom. The lowest BCUT2D eigenvalue weighted by Gasteiger charge is -2.22. The predicted octanol–water partition coefficient (Wildman–Crippen LogP) is 1.62. The Labute approximate surface area is 171 Å². The van der Waals surface area contributed by atoms with Crippen molar-refractivity contribution in [1.29, 1.82) is 0 Å². The number of thioether (sulfide) groups is 1. The number of aromatic nitrogens is 3. The zero-order chi connectivity index (χ0) is 20.6. The summed E-state index contributed by atoms with van der Waals surface area (Å²) in [7, 11) is 0. The normalized spacial score (nSPS) is 10.6. The molecule has 3 rings (SSSR count). The van der Waals surface area contributed by atoms with Gasteiger partial charge in [-0.05, 0) is 17.7 Å². The predicted molar refractivity (Wildman–Crippen MR) is 112 cm³/mol. The maximum Gasteiger partial charge on any atom is 0.344 e. The van der Waals surface area contributed by atoms with Crippen LogP contribution in [0.4, 0.5) is 5.69 Å². The van der Waals surface area contributed by atoms with Crippen molar-refractivity contribution in [3.63, 3.8) is 0 Å². The highest BCUT2D eigenvalue weighted by molar-refractivity contribution is 7.99. The van der Waals surface area contributed by atoms with Crippen molar-refractivity contribution in [2.45, 2.75) is 18.1 Å². The second-order valence-electron chi connectivity index (χ2n) is 6.27. The molecule has 2 amide bonds. The Balaban J connectivity index is 1.71. The number of nitrogens with zero attached hydrogens (tertiary/aromatic N) is 3. The van der Waals surface area contributed by atoms with Crippen molar-refractivity contribution in [3.8, 4) is 0 Å². The number of para-hydroxylation sites is 1. The molecular weight excluding hydrogens is 390 g/mol. The number of aromatic amines is 1. The standard InChI is InChI=1S/C20H21N5O3S/c21-17(26)11-12-24(16-9-5-2-6-10-16)18(27)14-29-20-23-22-19(28)25(20)13-15-7-3-1-4-8-15/h1-10H,11-14H2,(H2,21,26)(H,22,28). The third-order valence-corrected chi connectivity index (χ3v) is 5.14. The SMILES string of the molecule is NC(=O)CCN(C(=O)CSc1n[nH]c(=O)n1Cc1ccccc1)c1ccccc1. The van der Waals surface area contributed by atoms with Gasteiger partial charge in [0.1, 0.15) is 0 Å². The van der Waals surface area contributed by atoms with Crippen LogP contribution in [0.2, 0.25) is 0 Å². The van der Waals surface area contributed by atoms with Gasteiger partial charge in [0.2, 0.25) is 11.8 Å². The minimum atomic E-state index is -0.476. The monoisotopic (exact) mass is 411 g/mol. The summed E-state index contributed by atoms with van der Waals surface area (Å²) in [6.07, 6.45) is 0.0619. The highest BCUT2D eigenvalue weighted by atomic mass is 32.2. The van der Waals surface area contributed by atoms with Crippen LogP contribution < -0.4 is 16.3 Å². The minimum Gasteiger partial charge on any atom is -0.370 e. The molecule has 3 N–H and O–H groups in total. The molecular formula is C20H21N5O3S. The fourth-order valence-electron chi connectivity index (χ4n) is 2.75. The van der Waals surface area contributed by atoms with Crippen molar-refractivity contribution < 1.29 is 9.59 Å². The number of rotatable bonds is 9. The Kier molecular flexibility index (Phi) is 6.85. The van der Waals surface area contributed by atoms with E-state index in [1.807, 2.05) is 48.5 Å². The van der Waals surface area contributed by atoms with Gasteiger partial charge in [0.25, 0.3) is 0 Å². The van der Waals surface area contributed by atoms with E-state index in [1.54, 1.807) is 12.1 Å². The lowest BCUT2D eigenvalue weighted by Crippen LogP contribution is -2.35. The van der Waals surface area contributed by atoms with Gasteiger partial charge in [0.05, 0.1) is 12.3 Å². The van der Waals surface area contributed by atoms with Gasteiger partial charge in [-0.15, -0.1) is 5.10 Å². The molecule has 0 bridgehead atoms. The fraction of sp³-hybridized carbons (Fsp3) is 0.200. The highest BCUT2D eigenvalue weighted by Gasteiger charge is 2.18. The first kappa shape index (κ1) is 20.4. The summed E-state index contributed by atoms with van der Waals surface area (Å²) in [6.45, 7) is 0.549. The Hall–Kier alpha value is -3.33. The first-order valence-corrected chi connectivity index (χ1v) is 9.99. The first-order chi connectivity index (χ1) is 14.0. The number of carbonyl (C=O) groups excluding carboxylic acids is 2. The number of hydrogen-bond acceptors (Lipinski definition) is 5. The van der Waals surface area contributed by atoms with Gasteiger partial charge < -0.3 is 10.6 Å². The number of hydrogen-bond donors (Lipinski definition) is 2. The van der Waals surface area contributed by atoms with Crippen molar-refractivity contribution in [3.05, 3.63) is 76.7 Å². The zero-order valence-corrected chi connectivity index (χ0v) is 16.5.